The smallest absolute Gasteiger partial charge is 0.220 e. The summed E-state index contributed by atoms with van der Waals surface area (Å²) in [5.74, 6) is 1.67. The van der Waals surface area contributed by atoms with Crippen molar-refractivity contribution >= 4 is 27.5 Å². The molecule has 3 aromatic rings. The fourth-order valence-corrected chi connectivity index (χ4v) is 4.34. The molecule has 152 valence electrons. The van der Waals surface area contributed by atoms with Crippen molar-refractivity contribution in [1.29, 1.82) is 0 Å². The summed E-state index contributed by atoms with van der Waals surface area (Å²) in [5, 5.41) is 3.88. The molecule has 0 radical (unpaired) electrons. The zero-order valence-electron chi connectivity index (χ0n) is 17.1. The number of rotatable bonds is 6. The second kappa shape index (κ2) is 7.99. The first kappa shape index (κ1) is 19.6. The van der Waals surface area contributed by atoms with Crippen LogP contribution in [0.2, 0.25) is 0 Å². The van der Waals surface area contributed by atoms with Crippen LogP contribution in [0.5, 0.6) is 11.6 Å². The number of benzene rings is 1. The molecule has 1 saturated heterocycles. The van der Waals surface area contributed by atoms with Gasteiger partial charge in [-0.25, -0.2) is 9.97 Å². The average Bonchev–Trinajstić information content (AvgIpc) is 3.27. The Labute approximate surface area is 174 Å². The van der Waals surface area contributed by atoms with Gasteiger partial charge in [0, 0.05) is 36.7 Å². The molecule has 0 bridgehead atoms. The number of nitrogens with one attached hydrogen (secondary N) is 1. The summed E-state index contributed by atoms with van der Waals surface area (Å²) in [6.07, 6.45) is 2.33. The van der Waals surface area contributed by atoms with Gasteiger partial charge in [0.15, 0.2) is 0 Å². The first-order chi connectivity index (χ1) is 13.9. The molecule has 0 saturated carbocycles. The van der Waals surface area contributed by atoms with Gasteiger partial charge < -0.3 is 14.8 Å². The number of thiazole rings is 1. The number of pyridine rings is 1. The first-order valence-corrected chi connectivity index (χ1v) is 10.7. The highest BCUT2D eigenvalue weighted by Crippen LogP contribution is 2.37. The number of nitrogens with zero attached hydrogens (tertiary/aromatic N) is 2. The van der Waals surface area contributed by atoms with Gasteiger partial charge in [0.25, 0.3) is 0 Å². The van der Waals surface area contributed by atoms with E-state index in [1.54, 1.807) is 11.3 Å². The summed E-state index contributed by atoms with van der Waals surface area (Å²) >= 11 is 1.62. The quantitative estimate of drug-likeness (QED) is 0.652. The maximum absolute atomic E-state index is 11.6. The van der Waals surface area contributed by atoms with Crippen molar-refractivity contribution in [3.05, 3.63) is 35.5 Å². The van der Waals surface area contributed by atoms with Crippen LogP contribution in [0.1, 0.15) is 32.2 Å². The third kappa shape index (κ3) is 4.34. The van der Waals surface area contributed by atoms with Crippen LogP contribution >= 0.6 is 11.3 Å². The number of aryl methyl sites for hydroxylation is 1. The van der Waals surface area contributed by atoms with Crippen LogP contribution in [0.4, 0.5) is 0 Å². The Kier molecular flexibility index (Phi) is 5.41. The molecule has 1 amide bonds. The van der Waals surface area contributed by atoms with E-state index in [4.69, 9.17) is 9.47 Å². The first-order valence-electron chi connectivity index (χ1n) is 9.86. The maximum atomic E-state index is 11.6. The Morgan fingerprint density at radius 2 is 2.00 bits per heavy atom. The number of carbonyl (C=O) groups excluding carboxylic acids is 1. The predicted octanol–water partition coefficient (Wildman–Crippen LogP) is 4.36. The van der Waals surface area contributed by atoms with E-state index in [2.05, 4.69) is 21.4 Å². The van der Waals surface area contributed by atoms with Crippen molar-refractivity contribution in [2.45, 2.75) is 46.3 Å². The summed E-state index contributed by atoms with van der Waals surface area (Å²) in [5.41, 5.74) is 2.88. The molecule has 1 N–H and O–H groups in total. The number of amides is 1. The Balaban J connectivity index is 1.66. The van der Waals surface area contributed by atoms with Crippen molar-refractivity contribution in [3.63, 3.8) is 0 Å². The van der Waals surface area contributed by atoms with E-state index < -0.39 is 0 Å². The standard InChI is InChI=1S/C22H25N3O3S/c1-12(2)27-21-6-5-15(10-24-21)16-7-18-22(29-14(4)25-18)19(8-16)28-13(3)17-9-20(26)23-11-17/h5-8,10,12-13,17H,9,11H2,1-4H3,(H,23,26)/t13-,17-/m1/s1. The molecule has 0 unspecified atom stereocenters. The van der Waals surface area contributed by atoms with Crippen LogP contribution < -0.4 is 14.8 Å². The zero-order chi connectivity index (χ0) is 20.5. The number of ether oxygens (including phenoxy) is 2. The molecular formula is C22H25N3O3S. The van der Waals surface area contributed by atoms with Crippen LogP contribution in [0, 0.1) is 12.8 Å². The molecular weight excluding hydrogens is 386 g/mol. The summed E-state index contributed by atoms with van der Waals surface area (Å²) in [6.45, 7) is 8.64. The van der Waals surface area contributed by atoms with Crippen LogP contribution in [-0.2, 0) is 4.79 Å². The van der Waals surface area contributed by atoms with Crippen molar-refractivity contribution in [2.24, 2.45) is 5.92 Å². The molecule has 6 nitrogen and oxygen atoms in total. The lowest BCUT2D eigenvalue weighted by molar-refractivity contribution is -0.119. The van der Waals surface area contributed by atoms with Crippen molar-refractivity contribution in [2.75, 3.05) is 6.54 Å². The van der Waals surface area contributed by atoms with Gasteiger partial charge in [-0.1, -0.05) is 0 Å². The normalized spacial score (nSPS) is 17.6. The molecule has 29 heavy (non-hydrogen) atoms. The van der Waals surface area contributed by atoms with Crippen molar-refractivity contribution in [3.8, 4) is 22.8 Å². The molecule has 0 aliphatic carbocycles. The van der Waals surface area contributed by atoms with Gasteiger partial charge in [0.1, 0.15) is 11.9 Å². The number of carbonyl (C=O) groups is 1. The highest BCUT2D eigenvalue weighted by atomic mass is 32.1. The predicted molar refractivity (Wildman–Crippen MR) is 115 cm³/mol. The van der Waals surface area contributed by atoms with Gasteiger partial charge in [-0.15, -0.1) is 11.3 Å². The average molecular weight is 412 g/mol. The molecule has 1 fully saturated rings. The molecule has 3 heterocycles. The summed E-state index contributed by atoms with van der Waals surface area (Å²) in [6, 6.07) is 7.99. The topological polar surface area (TPSA) is 73.3 Å². The zero-order valence-corrected chi connectivity index (χ0v) is 17.9. The lowest BCUT2D eigenvalue weighted by atomic mass is 10.0. The highest BCUT2D eigenvalue weighted by Gasteiger charge is 2.28. The van der Waals surface area contributed by atoms with E-state index in [1.807, 2.05) is 52.1 Å². The van der Waals surface area contributed by atoms with E-state index in [9.17, 15) is 4.79 Å². The molecule has 7 heteroatoms. The molecule has 0 spiro atoms. The van der Waals surface area contributed by atoms with Crippen LogP contribution in [-0.4, -0.2) is 34.6 Å². The second-order valence-corrected chi connectivity index (χ2v) is 8.90. The van der Waals surface area contributed by atoms with Crippen LogP contribution in [0.15, 0.2) is 30.5 Å². The Morgan fingerprint density at radius 3 is 2.66 bits per heavy atom. The van der Waals surface area contributed by atoms with E-state index in [0.29, 0.717) is 18.8 Å². The molecule has 4 rings (SSSR count). The number of aromatic nitrogens is 2. The van der Waals surface area contributed by atoms with Gasteiger partial charge in [0.05, 0.1) is 21.3 Å². The number of hydrogen-bond donors (Lipinski definition) is 1. The van der Waals surface area contributed by atoms with Crippen LogP contribution in [0.25, 0.3) is 21.3 Å². The molecule has 1 aromatic carbocycles. The van der Waals surface area contributed by atoms with E-state index >= 15 is 0 Å². The Morgan fingerprint density at radius 1 is 1.17 bits per heavy atom. The number of fused-ring (bicyclic) bond motifs is 1. The monoisotopic (exact) mass is 411 g/mol. The third-order valence-electron chi connectivity index (χ3n) is 4.97. The van der Waals surface area contributed by atoms with E-state index in [1.165, 1.54) is 0 Å². The summed E-state index contributed by atoms with van der Waals surface area (Å²) in [7, 11) is 0. The van der Waals surface area contributed by atoms with Gasteiger partial charge >= 0.3 is 0 Å². The minimum Gasteiger partial charge on any atom is -0.489 e. The minimum atomic E-state index is -0.0743. The van der Waals surface area contributed by atoms with E-state index in [0.717, 1.165) is 32.1 Å². The third-order valence-corrected chi connectivity index (χ3v) is 5.98. The lowest BCUT2D eigenvalue weighted by Crippen LogP contribution is -2.25. The number of hydrogen-bond acceptors (Lipinski definition) is 6. The summed E-state index contributed by atoms with van der Waals surface area (Å²) < 4.78 is 13.0. The van der Waals surface area contributed by atoms with E-state index in [-0.39, 0.29) is 24.0 Å². The van der Waals surface area contributed by atoms with Crippen LogP contribution in [0.3, 0.4) is 0 Å². The van der Waals surface area contributed by atoms with Crippen molar-refractivity contribution in [1.82, 2.24) is 15.3 Å². The Bertz CT molecular complexity index is 1030. The lowest BCUT2D eigenvalue weighted by Gasteiger charge is -2.20. The minimum absolute atomic E-state index is 0.0743. The van der Waals surface area contributed by atoms with Crippen molar-refractivity contribution < 1.29 is 14.3 Å². The molecule has 1 aliphatic rings. The Hall–Kier alpha value is -2.67. The molecule has 2 atom stereocenters. The highest BCUT2D eigenvalue weighted by molar-refractivity contribution is 7.18. The fraction of sp³-hybridized carbons (Fsp3) is 0.409. The SMILES string of the molecule is Cc1nc2cc(-c3ccc(OC(C)C)nc3)cc(O[C@H](C)[C@H]3CNC(=O)C3)c2s1. The van der Waals surface area contributed by atoms with Gasteiger partial charge in [0.2, 0.25) is 11.8 Å². The molecule has 1 aliphatic heterocycles. The maximum Gasteiger partial charge on any atom is 0.220 e. The molecule has 2 aromatic heterocycles. The fourth-order valence-electron chi connectivity index (χ4n) is 3.49. The second-order valence-electron chi connectivity index (χ2n) is 7.70. The van der Waals surface area contributed by atoms with Gasteiger partial charge in [-0.3, -0.25) is 4.79 Å². The van der Waals surface area contributed by atoms with Gasteiger partial charge in [-0.2, -0.15) is 0 Å². The largest absolute Gasteiger partial charge is 0.489 e. The summed E-state index contributed by atoms with van der Waals surface area (Å²) in [4.78, 5) is 20.6. The van der Waals surface area contributed by atoms with Gasteiger partial charge in [-0.05, 0) is 51.5 Å².